The van der Waals surface area contributed by atoms with Crippen LogP contribution in [-0.2, 0) is 4.74 Å². The molecule has 1 aromatic rings. The number of aliphatic hydroxyl groups excluding tert-OH is 1. The van der Waals surface area contributed by atoms with Crippen molar-refractivity contribution in [1.29, 1.82) is 5.26 Å². The van der Waals surface area contributed by atoms with Gasteiger partial charge in [-0.05, 0) is 30.5 Å². The summed E-state index contributed by atoms with van der Waals surface area (Å²) in [7, 11) is 0. The van der Waals surface area contributed by atoms with Crippen LogP contribution in [0.4, 0.5) is 0 Å². The molecular formula is C16H24N2O2. The second kappa shape index (κ2) is 8.70. The molecule has 20 heavy (non-hydrogen) atoms. The van der Waals surface area contributed by atoms with Crippen LogP contribution in [0.5, 0.6) is 0 Å². The summed E-state index contributed by atoms with van der Waals surface area (Å²) in [6, 6.07) is 9.31. The first-order valence-electron chi connectivity index (χ1n) is 7.07. The van der Waals surface area contributed by atoms with E-state index in [-0.39, 0.29) is 6.04 Å². The van der Waals surface area contributed by atoms with Gasteiger partial charge >= 0.3 is 0 Å². The zero-order valence-corrected chi connectivity index (χ0v) is 12.5. The molecule has 0 aromatic heterocycles. The zero-order chi connectivity index (χ0) is 15.0. The highest BCUT2D eigenvalue weighted by Crippen LogP contribution is 2.13. The highest BCUT2D eigenvalue weighted by Gasteiger charge is 2.15. The summed E-state index contributed by atoms with van der Waals surface area (Å²) >= 11 is 0. The molecule has 2 atom stereocenters. The lowest BCUT2D eigenvalue weighted by Gasteiger charge is -2.24. The zero-order valence-electron chi connectivity index (χ0n) is 12.5. The quantitative estimate of drug-likeness (QED) is 0.764. The van der Waals surface area contributed by atoms with E-state index >= 15 is 0 Å². The van der Waals surface area contributed by atoms with Crippen molar-refractivity contribution in [3.63, 3.8) is 0 Å². The summed E-state index contributed by atoms with van der Waals surface area (Å²) in [6.45, 7) is 8.05. The van der Waals surface area contributed by atoms with Gasteiger partial charge in [0.25, 0.3) is 0 Å². The van der Waals surface area contributed by atoms with Crippen molar-refractivity contribution >= 4 is 0 Å². The molecule has 2 N–H and O–H groups in total. The lowest BCUT2D eigenvalue weighted by atomic mass is 10.0. The Morgan fingerprint density at radius 1 is 1.30 bits per heavy atom. The van der Waals surface area contributed by atoms with Gasteiger partial charge in [0.2, 0.25) is 0 Å². The van der Waals surface area contributed by atoms with Crippen LogP contribution in [0.3, 0.4) is 0 Å². The van der Waals surface area contributed by atoms with E-state index in [9.17, 15) is 5.11 Å². The molecule has 0 bridgehead atoms. The lowest BCUT2D eigenvalue weighted by Crippen LogP contribution is -2.40. The van der Waals surface area contributed by atoms with Gasteiger partial charge in [-0.3, -0.25) is 0 Å². The molecule has 1 rings (SSSR count). The molecule has 0 saturated heterocycles. The van der Waals surface area contributed by atoms with Gasteiger partial charge in [0.1, 0.15) is 0 Å². The van der Waals surface area contributed by atoms with Crippen LogP contribution in [0, 0.1) is 17.2 Å². The van der Waals surface area contributed by atoms with Crippen LogP contribution in [0.15, 0.2) is 24.3 Å². The van der Waals surface area contributed by atoms with Crippen molar-refractivity contribution in [3.8, 4) is 6.07 Å². The van der Waals surface area contributed by atoms with Crippen molar-refractivity contribution in [1.82, 2.24) is 5.32 Å². The van der Waals surface area contributed by atoms with Crippen molar-refractivity contribution in [2.75, 3.05) is 19.8 Å². The predicted octanol–water partition coefficient (Wildman–Crippen LogP) is 2.24. The van der Waals surface area contributed by atoms with Crippen LogP contribution in [-0.4, -0.2) is 30.9 Å². The Kier molecular flexibility index (Phi) is 7.24. The van der Waals surface area contributed by atoms with Gasteiger partial charge in [-0.25, -0.2) is 0 Å². The van der Waals surface area contributed by atoms with E-state index in [4.69, 9.17) is 10.00 Å². The molecule has 110 valence electrons. The average Bonchev–Trinajstić information content (AvgIpc) is 2.46. The fraction of sp³-hybridized carbons (Fsp3) is 0.562. The van der Waals surface area contributed by atoms with Gasteiger partial charge in [-0.1, -0.05) is 26.0 Å². The van der Waals surface area contributed by atoms with E-state index in [2.05, 4.69) is 25.2 Å². The summed E-state index contributed by atoms with van der Waals surface area (Å²) in [5.41, 5.74) is 1.42. The predicted molar refractivity (Wildman–Crippen MR) is 79.2 cm³/mol. The Balaban J connectivity index is 2.51. The fourth-order valence-corrected chi connectivity index (χ4v) is 1.89. The van der Waals surface area contributed by atoms with Gasteiger partial charge in [-0.2, -0.15) is 5.26 Å². The normalized spacial score (nSPS) is 14.0. The molecule has 2 unspecified atom stereocenters. The van der Waals surface area contributed by atoms with Crippen LogP contribution in [0.1, 0.15) is 38.0 Å². The molecule has 4 heteroatoms. The lowest BCUT2D eigenvalue weighted by molar-refractivity contribution is 0.0970. The molecule has 0 aliphatic carbocycles. The smallest absolute Gasteiger partial charge is 0.0991 e. The molecule has 0 aliphatic heterocycles. The van der Waals surface area contributed by atoms with Crippen LogP contribution >= 0.6 is 0 Å². The van der Waals surface area contributed by atoms with Crippen LogP contribution in [0.25, 0.3) is 0 Å². The highest BCUT2D eigenvalue weighted by atomic mass is 16.5. The van der Waals surface area contributed by atoms with Crippen LogP contribution < -0.4 is 5.32 Å². The van der Waals surface area contributed by atoms with Gasteiger partial charge < -0.3 is 15.2 Å². The maximum Gasteiger partial charge on any atom is 0.0991 e. The monoisotopic (exact) mass is 276 g/mol. The first-order valence-corrected chi connectivity index (χ1v) is 7.07. The molecule has 0 radical (unpaired) electrons. The summed E-state index contributed by atoms with van der Waals surface area (Å²) in [4.78, 5) is 0. The molecule has 0 amide bonds. The van der Waals surface area contributed by atoms with Gasteiger partial charge in [-0.15, -0.1) is 0 Å². The van der Waals surface area contributed by atoms with E-state index < -0.39 is 6.10 Å². The molecule has 0 fully saturated rings. The van der Waals surface area contributed by atoms with Gasteiger partial charge in [0.15, 0.2) is 0 Å². The number of hydrogen-bond acceptors (Lipinski definition) is 4. The summed E-state index contributed by atoms with van der Waals surface area (Å²) in [6.07, 6.45) is -0.578. The third kappa shape index (κ3) is 5.30. The van der Waals surface area contributed by atoms with E-state index in [1.807, 2.05) is 6.92 Å². The SMILES string of the molecule is CCOCC(NCC(O)c1ccc(C#N)cc1)C(C)C. The van der Waals surface area contributed by atoms with Crippen molar-refractivity contribution < 1.29 is 9.84 Å². The number of rotatable bonds is 8. The maximum atomic E-state index is 10.2. The number of hydrogen-bond donors (Lipinski definition) is 2. The van der Waals surface area contributed by atoms with E-state index in [1.54, 1.807) is 24.3 Å². The number of ether oxygens (including phenoxy) is 1. The Labute approximate surface area is 121 Å². The number of nitrogens with zero attached hydrogens (tertiary/aromatic N) is 1. The third-order valence-corrected chi connectivity index (χ3v) is 3.30. The molecule has 0 saturated carbocycles. The summed E-state index contributed by atoms with van der Waals surface area (Å²) in [5.74, 6) is 0.440. The number of nitriles is 1. The number of nitrogens with one attached hydrogen (secondary N) is 1. The molecule has 1 aromatic carbocycles. The number of aliphatic hydroxyl groups is 1. The minimum Gasteiger partial charge on any atom is -0.387 e. The molecule has 0 aliphatic rings. The molecular weight excluding hydrogens is 252 g/mol. The standard InChI is InChI=1S/C16H24N2O2/c1-4-20-11-15(12(2)3)18-10-16(19)14-7-5-13(9-17)6-8-14/h5-8,12,15-16,18-19H,4,10-11H2,1-3H3. The van der Waals surface area contributed by atoms with Crippen LogP contribution in [0.2, 0.25) is 0 Å². The minimum atomic E-state index is -0.578. The minimum absolute atomic E-state index is 0.225. The third-order valence-electron chi connectivity index (χ3n) is 3.30. The Bertz CT molecular complexity index is 423. The van der Waals surface area contributed by atoms with E-state index in [0.717, 1.165) is 5.56 Å². The highest BCUT2D eigenvalue weighted by molar-refractivity contribution is 5.32. The largest absolute Gasteiger partial charge is 0.387 e. The van der Waals surface area contributed by atoms with Gasteiger partial charge in [0, 0.05) is 19.2 Å². The van der Waals surface area contributed by atoms with E-state index in [1.165, 1.54) is 0 Å². The fourth-order valence-electron chi connectivity index (χ4n) is 1.89. The Morgan fingerprint density at radius 2 is 1.95 bits per heavy atom. The second-order valence-corrected chi connectivity index (χ2v) is 5.17. The van der Waals surface area contributed by atoms with Gasteiger partial charge in [0.05, 0.1) is 24.3 Å². The van der Waals surface area contributed by atoms with E-state index in [0.29, 0.717) is 31.2 Å². The first kappa shape index (κ1) is 16.6. The average molecular weight is 276 g/mol. The van der Waals surface area contributed by atoms with Crippen molar-refractivity contribution in [2.45, 2.75) is 32.9 Å². The Hall–Kier alpha value is -1.41. The molecule has 0 spiro atoms. The van der Waals surface area contributed by atoms with Crippen molar-refractivity contribution in [3.05, 3.63) is 35.4 Å². The van der Waals surface area contributed by atoms with Crippen molar-refractivity contribution in [2.24, 2.45) is 5.92 Å². The molecule has 4 nitrogen and oxygen atoms in total. The number of benzene rings is 1. The molecule has 0 heterocycles. The second-order valence-electron chi connectivity index (χ2n) is 5.17. The summed E-state index contributed by atoms with van der Waals surface area (Å²) in [5, 5.41) is 22.2. The maximum absolute atomic E-state index is 10.2. The first-order chi connectivity index (χ1) is 9.58. The summed E-state index contributed by atoms with van der Waals surface area (Å²) < 4.78 is 5.45. The Morgan fingerprint density at radius 3 is 2.45 bits per heavy atom. The topological polar surface area (TPSA) is 65.3 Å².